The summed E-state index contributed by atoms with van der Waals surface area (Å²) < 4.78 is 12.1. The molecule has 0 aromatic carbocycles. The van der Waals surface area contributed by atoms with Crippen molar-refractivity contribution in [2.45, 2.75) is 20.3 Å². The summed E-state index contributed by atoms with van der Waals surface area (Å²) in [7, 11) is 0. The number of halogens is 1. The Bertz CT molecular complexity index is 160. The van der Waals surface area contributed by atoms with Gasteiger partial charge < -0.3 is 0 Å². The quantitative estimate of drug-likeness (QED) is 0.527. The average molecular weight is 140 g/mol. The third-order valence-corrected chi connectivity index (χ3v) is 1.20. The second-order valence-electron chi connectivity index (χ2n) is 2.05. The number of hydrogen-bond donors (Lipinski definition) is 0. The molecule has 0 amide bonds. The zero-order valence-electron chi connectivity index (χ0n) is 6.52. The number of hydrogen-bond acceptors (Lipinski definition) is 0. The fourth-order valence-corrected chi connectivity index (χ4v) is 0.552. The van der Waals surface area contributed by atoms with Crippen LogP contribution in [0.1, 0.15) is 20.3 Å². The van der Waals surface area contributed by atoms with E-state index in [2.05, 4.69) is 6.58 Å². The lowest BCUT2D eigenvalue weighted by Gasteiger charge is -1.90. The van der Waals surface area contributed by atoms with Gasteiger partial charge in [-0.25, -0.2) is 4.39 Å². The minimum Gasteiger partial charge on any atom is -0.212 e. The minimum atomic E-state index is -0.173. The van der Waals surface area contributed by atoms with Gasteiger partial charge in [0.2, 0.25) is 0 Å². The summed E-state index contributed by atoms with van der Waals surface area (Å²) in [6.07, 6.45) is 5.82. The second-order valence-corrected chi connectivity index (χ2v) is 2.05. The zero-order chi connectivity index (χ0) is 7.98. The van der Waals surface area contributed by atoms with Crippen LogP contribution in [0.3, 0.4) is 0 Å². The third-order valence-electron chi connectivity index (χ3n) is 1.20. The summed E-state index contributed by atoms with van der Waals surface area (Å²) >= 11 is 0. The first-order chi connectivity index (χ1) is 4.70. The van der Waals surface area contributed by atoms with E-state index in [1.807, 2.05) is 6.92 Å². The highest BCUT2D eigenvalue weighted by molar-refractivity contribution is 5.22. The number of allylic oxidation sites excluding steroid dienone is 5. The summed E-state index contributed by atoms with van der Waals surface area (Å²) in [5, 5.41) is 0. The molecule has 56 valence electrons. The van der Waals surface area contributed by atoms with Crippen molar-refractivity contribution >= 4 is 0 Å². The first-order valence-corrected chi connectivity index (χ1v) is 3.36. The molecular weight excluding hydrogens is 127 g/mol. The highest BCUT2D eigenvalue weighted by Crippen LogP contribution is 2.03. The average Bonchev–Trinajstić information content (AvgIpc) is 1.90. The summed E-state index contributed by atoms with van der Waals surface area (Å²) in [5.74, 6) is -0.173. The van der Waals surface area contributed by atoms with Crippen LogP contribution < -0.4 is 0 Å². The highest BCUT2D eigenvalue weighted by atomic mass is 19.1. The monoisotopic (exact) mass is 140 g/mol. The molecule has 0 nitrogen and oxygen atoms in total. The molecule has 0 bridgehead atoms. The molecule has 0 saturated heterocycles. The molecule has 0 N–H and O–H groups in total. The van der Waals surface area contributed by atoms with Crippen molar-refractivity contribution < 1.29 is 4.39 Å². The van der Waals surface area contributed by atoms with Crippen LogP contribution in [0.2, 0.25) is 0 Å². The molecule has 0 saturated carbocycles. The van der Waals surface area contributed by atoms with E-state index in [-0.39, 0.29) is 5.83 Å². The maximum Gasteiger partial charge on any atom is 0.0968 e. The molecule has 0 aliphatic heterocycles. The van der Waals surface area contributed by atoms with Gasteiger partial charge in [0.1, 0.15) is 0 Å². The van der Waals surface area contributed by atoms with E-state index in [4.69, 9.17) is 0 Å². The van der Waals surface area contributed by atoms with Gasteiger partial charge in [0.25, 0.3) is 0 Å². The fraction of sp³-hybridized carbons (Fsp3) is 0.333. The van der Waals surface area contributed by atoms with Gasteiger partial charge in [-0.05, 0) is 25.0 Å². The Hall–Kier alpha value is -0.850. The molecule has 0 aliphatic carbocycles. The first kappa shape index (κ1) is 9.15. The molecule has 1 heteroatoms. The van der Waals surface area contributed by atoms with E-state index in [0.717, 1.165) is 12.0 Å². The van der Waals surface area contributed by atoms with Crippen LogP contribution in [0, 0.1) is 0 Å². The summed E-state index contributed by atoms with van der Waals surface area (Å²) in [6.45, 7) is 7.02. The Balaban J connectivity index is 4.12. The van der Waals surface area contributed by atoms with Gasteiger partial charge >= 0.3 is 0 Å². The Morgan fingerprint density at radius 1 is 1.50 bits per heavy atom. The lowest BCUT2D eigenvalue weighted by Crippen LogP contribution is -1.70. The van der Waals surface area contributed by atoms with Crippen LogP contribution in [-0.2, 0) is 0 Å². The Morgan fingerprint density at radius 3 is 2.40 bits per heavy atom. The lowest BCUT2D eigenvalue weighted by molar-refractivity contribution is 0.640. The second kappa shape index (κ2) is 4.98. The van der Waals surface area contributed by atoms with Crippen molar-refractivity contribution in [3.63, 3.8) is 0 Å². The van der Waals surface area contributed by atoms with Crippen molar-refractivity contribution in [3.05, 3.63) is 36.2 Å². The van der Waals surface area contributed by atoms with Crippen molar-refractivity contribution in [1.29, 1.82) is 0 Å². The number of rotatable bonds is 3. The third kappa shape index (κ3) is 4.07. The van der Waals surface area contributed by atoms with E-state index in [1.54, 1.807) is 12.2 Å². The van der Waals surface area contributed by atoms with Gasteiger partial charge in [-0.3, -0.25) is 0 Å². The van der Waals surface area contributed by atoms with Gasteiger partial charge in [0, 0.05) is 0 Å². The van der Waals surface area contributed by atoms with Gasteiger partial charge in [0.15, 0.2) is 0 Å². The Kier molecular flexibility index (Phi) is 4.55. The van der Waals surface area contributed by atoms with E-state index in [9.17, 15) is 4.39 Å². The first-order valence-electron chi connectivity index (χ1n) is 3.36. The molecular formula is C9H13F. The lowest BCUT2D eigenvalue weighted by atomic mass is 10.2. The van der Waals surface area contributed by atoms with Crippen molar-refractivity contribution in [2.75, 3.05) is 0 Å². The standard InChI is InChI=1S/C9H13F/c1-4-9(5-2)7-6-8(3)10/h4,6-7H,1,5H2,2-3H3. The van der Waals surface area contributed by atoms with Crippen LogP contribution in [0.25, 0.3) is 0 Å². The van der Waals surface area contributed by atoms with Crippen LogP contribution in [-0.4, -0.2) is 0 Å². The van der Waals surface area contributed by atoms with Gasteiger partial charge in [-0.15, -0.1) is 0 Å². The van der Waals surface area contributed by atoms with E-state index in [0.29, 0.717) is 0 Å². The van der Waals surface area contributed by atoms with Crippen molar-refractivity contribution in [3.8, 4) is 0 Å². The normalized spacial score (nSPS) is 13.5. The highest BCUT2D eigenvalue weighted by Gasteiger charge is 1.83. The predicted octanol–water partition coefficient (Wildman–Crippen LogP) is 3.38. The Labute approximate surface area is 61.8 Å². The SMILES string of the molecule is C=CC(=CC=C(C)F)CC. The Morgan fingerprint density at radius 2 is 2.10 bits per heavy atom. The van der Waals surface area contributed by atoms with Crippen LogP contribution in [0.4, 0.5) is 4.39 Å². The molecule has 0 aromatic rings. The molecule has 0 aromatic heterocycles. The van der Waals surface area contributed by atoms with Gasteiger partial charge in [-0.2, -0.15) is 0 Å². The fourth-order valence-electron chi connectivity index (χ4n) is 0.552. The smallest absolute Gasteiger partial charge is 0.0968 e. The topological polar surface area (TPSA) is 0 Å². The minimum absolute atomic E-state index is 0.173. The largest absolute Gasteiger partial charge is 0.212 e. The van der Waals surface area contributed by atoms with Crippen LogP contribution in [0.15, 0.2) is 36.2 Å². The van der Waals surface area contributed by atoms with E-state index >= 15 is 0 Å². The molecule has 0 aliphatic rings. The van der Waals surface area contributed by atoms with E-state index in [1.165, 1.54) is 13.0 Å². The van der Waals surface area contributed by atoms with Crippen molar-refractivity contribution in [1.82, 2.24) is 0 Å². The van der Waals surface area contributed by atoms with E-state index < -0.39 is 0 Å². The van der Waals surface area contributed by atoms with Gasteiger partial charge in [-0.1, -0.05) is 25.7 Å². The molecule has 10 heavy (non-hydrogen) atoms. The maximum atomic E-state index is 12.1. The molecule has 0 heterocycles. The molecule has 0 fully saturated rings. The molecule has 0 atom stereocenters. The summed E-state index contributed by atoms with van der Waals surface area (Å²) in [6, 6.07) is 0. The molecule has 0 unspecified atom stereocenters. The van der Waals surface area contributed by atoms with Crippen LogP contribution >= 0.6 is 0 Å². The van der Waals surface area contributed by atoms with Crippen molar-refractivity contribution in [2.24, 2.45) is 0 Å². The molecule has 0 spiro atoms. The van der Waals surface area contributed by atoms with Crippen LogP contribution in [0.5, 0.6) is 0 Å². The molecule has 0 radical (unpaired) electrons. The van der Waals surface area contributed by atoms with Gasteiger partial charge in [0.05, 0.1) is 5.83 Å². The maximum absolute atomic E-state index is 12.1. The summed E-state index contributed by atoms with van der Waals surface area (Å²) in [4.78, 5) is 0. The summed E-state index contributed by atoms with van der Waals surface area (Å²) in [5.41, 5.74) is 1.05. The molecule has 0 rings (SSSR count). The predicted molar refractivity (Wildman–Crippen MR) is 43.4 cm³/mol. The zero-order valence-corrected chi connectivity index (χ0v) is 6.52.